The molecule has 2 nitrogen and oxygen atoms in total. The molecule has 0 bridgehead atoms. The Morgan fingerprint density at radius 2 is 2.29 bits per heavy atom. The van der Waals surface area contributed by atoms with E-state index in [9.17, 15) is 0 Å². The van der Waals surface area contributed by atoms with Crippen molar-refractivity contribution >= 4 is 27.7 Å². The second-order valence-corrected chi connectivity index (χ2v) is 3.93. The Balaban J connectivity index is 2.59. The first-order valence-electron chi connectivity index (χ1n) is 4.60. The molecule has 3 N–H and O–H groups in total. The Labute approximate surface area is 93.3 Å². The van der Waals surface area contributed by atoms with Crippen molar-refractivity contribution in [3.05, 3.63) is 34.3 Å². The largest absolute Gasteiger partial charge is 0.398 e. The number of rotatable bonds is 4. The molecule has 0 radical (unpaired) electrons. The average molecular weight is 255 g/mol. The Morgan fingerprint density at radius 3 is 2.93 bits per heavy atom. The number of benzene rings is 1. The molecule has 0 aliphatic carbocycles. The summed E-state index contributed by atoms with van der Waals surface area (Å²) < 4.78 is 0.952. The van der Waals surface area contributed by atoms with Gasteiger partial charge in [0.1, 0.15) is 0 Å². The van der Waals surface area contributed by atoms with Crippen molar-refractivity contribution in [3.63, 3.8) is 0 Å². The third-order valence-corrected chi connectivity index (χ3v) is 2.58. The van der Waals surface area contributed by atoms with Gasteiger partial charge < -0.3 is 11.1 Å². The van der Waals surface area contributed by atoms with E-state index in [0.29, 0.717) is 0 Å². The Morgan fingerprint density at radius 1 is 1.50 bits per heavy atom. The van der Waals surface area contributed by atoms with Crippen LogP contribution in [0.3, 0.4) is 0 Å². The third-order valence-electron chi connectivity index (χ3n) is 1.90. The van der Waals surface area contributed by atoms with E-state index >= 15 is 0 Å². The summed E-state index contributed by atoms with van der Waals surface area (Å²) >= 11 is 3.40. The lowest BCUT2D eigenvalue weighted by atomic mass is 10.2. The monoisotopic (exact) mass is 254 g/mol. The Hall–Kier alpha value is -0.800. The highest BCUT2D eigenvalue weighted by Crippen LogP contribution is 2.20. The minimum absolute atomic E-state index is 0.775. The van der Waals surface area contributed by atoms with Gasteiger partial charge in [0.15, 0.2) is 0 Å². The van der Waals surface area contributed by atoms with Gasteiger partial charge in [-0.3, -0.25) is 0 Å². The van der Waals surface area contributed by atoms with Gasteiger partial charge in [-0.1, -0.05) is 18.2 Å². The van der Waals surface area contributed by atoms with E-state index in [1.165, 1.54) is 5.56 Å². The van der Waals surface area contributed by atoms with Gasteiger partial charge in [-0.25, -0.2) is 0 Å². The summed E-state index contributed by atoms with van der Waals surface area (Å²) in [5.41, 5.74) is 7.63. The third kappa shape index (κ3) is 3.52. The van der Waals surface area contributed by atoms with Gasteiger partial charge in [-0.15, -0.1) is 0 Å². The molecule has 0 aliphatic rings. The zero-order chi connectivity index (χ0) is 10.4. The van der Waals surface area contributed by atoms with Crippen molar-refractivity contribution < 1.29 is 0 Å². The van der Waals surface area contributed by atoms with Crippen molar-refractivity contribution in [3.8, 4) is 0 Å². The molecule has 0 aliphatic heterocycles. The minimum atomic E-state index is 0.775. The summed E-state index contributed by atoms with van der Waals surface area (Å²) in [6.07, 6.45) is 5.29. The van der Waals surface area contributed by atoms with Gasteiger partial charge in [0, 0.05) is 10.2 Å². The fourth-order valence-electron chi connectivity index (χ4n) is 1.09. The fraction of sp³-hybridized carbons (Fsp3) is 0.273. The lowest BCUT2D eigenvalue weighted by Crippen LogP contribution is -2.05. The lowest BCUT2D eigenvalue weighted by Gasteiger charge is -1.99. The van der Waals surface area contributed by atoms with Crippen LogP contribution in [-0.2, 0) is 0 Å². The molecule has 0 amide bonds. The Bertz CT molecular complexity index is 321. The van der Waals surface area contributed by atoms with Crippen LogP contribution in [0, 0.1) is 0 Å². The van der Waals surface area contributed by atoms with Crippen molar-refractivity contribution in [1.29, 1.82) is 0 Å². The molecular weight excluding hydrogens is 240 g/mol. The van der Waals surface area contributed by atoms with Crippen LogP contribution >= 0.6 is 15.9 Å². The molecule has 1 rings (SSSR count). The molecule has 14 heavy (non-hydrogen) atoms. The summed E-state index contributed by atoms with van der Waals surface area (Å²) in [7, 11) is 1.95. The first-order chi connectivity index (χ1) is 6.74. The summed E-state index contributed by atoms with van der Waals surface area (Å²) in [6, 6.07) is 5.93. The van der Waals surface area contributed by atoms with Crippen LogP contribution in [0.1, 0.15) is 12.0 Å². The van der Waals surface area contributed by atoms with E-state index in [1.54, 1.807) is 0 Å². The minimum Gasteiger partial charge on any atom is -0.398 e. The quantitative estimate of drug-likeness (QED) is 0.641. The van der Waals surface area contributed by atoms with Crippen LogP contribution in [0.15, 0.2) is 28.7 Å². The highest BCUT2D eigenvalue weighted by Gasteiger charge is 1.94. The summed E-state index contributed by atoms with van der Waals surface area (Å²) in [5, 5.41) is 3.09. The molecule has 3 heteroatoms. The predicted molar refractivity (Wildman–Crippen MR) is 66.1 cm³/mol. The van der Waals surface area contributed by atoms with E-state index in [2.05, 4.69) is 33.4 Å². The standard InChI is InChI=1S/C11H15BrN2/c1-14-7-3-2-4-9-5-6-11(13)10(12)8-9/h2,4-6,8,14H,3,7,13H2,1H3. The maximum atomic E-state index is 5.68. The number of hydrogen-bond donors (Lipinski definition) is 2. The van der Waals surface area contributed by atoms with Gasteiger partial charge in [0.05, 0.1) is 0 Å². The second-order valence-electron chi connectivity index (χ2n) is 3.08. The van der Waals surface area contributed by atoms with Gasteiger partial charge in [-0.05, 0) is 53.6 Å². The zero-order valence-corrected chi connectivity index (χ0v) is 9.84. The number of nitrogen functional groups attached to an aromatic ring is 1. The molecule has 76 valence electrons. The summed E-state index contributed by atoms with van der Waals surface area (Å²) in [6.45, 7) is 1.01. The number of anilines is 1. The SMILES string of the molecule is CNCCC=Cc1ccc(N)c(Br)c1. The smallest absolute Gasteiger partial charge is 0.0458 e. The summed E-state index contributed by atoms with van der Waals surface area (Å²) in [4.78, 5) is 0. The molecule has 0 unspecified atom stereocenters. The molecule has 0 atom stereocenters. The molecule has 0 saturated carbocycles. The van der Waals surface area contributed by atoms with Gasteiger partial charge >= 0.3 is 0 Å². The average Bonchev–Trinajstić information content (AvgIpc) is 2.18. The van der Waals surface area contributed by atoms with Crippen molar-refractivity contribution in [2.24, 2.45) is 0 Å². The lowest BCUT2D eigenvalue weighted by molar-refractivity contribution is 0.809. The number of halogens is 1. The summed E-state index contributed by atoms with van der Waals surface area (Å²) in [5.74, 6) is 0. The molecule has 0 spiro atoms. The van der Waals surface area contributed by atoms with Crippen molar-refractivity contribution in [2.45, 2.75) is 6.42 Å². The van der Waals surface area contributed by atoms with Crippen LogP contribution in [0.5, 0.6) is 0 Å². The molecular formula is C11H15BrN2. The van der Waals surface area contributed by atoms with E-state index in [4.69, 9.17) is 5.73 Å². The molecule has 1 aromatic carbocycles. The van der Waals surface area contributed by atoms with Crippen LogP contribution in [-0.4, -0.2) is 13.6 Å². The van der Waals surface area contributed by atoms with E-state index in [0.717, 1.165) is 23.1 Å². The molecule has 0 aromatic heterocycles. The maximum Gasteiger partial charge on any atom is 0.0458 e. The van der Waals surface area contributed by atoms with E-state index in [-0.39, 0.29) is 0 Å². The second kappa shape index (κ2) is 5.83. The molecule has 1 aromatic rings. The zero-order valence-electron chi connectivity index (χ0n) is 8.26. The Kier molecular flexibility index (Phi) is 4.70. The first kappa shape index (κ1) is 11.3. The van der Waals surface area contributed by atoms with Crippen LogP contribution in [0.25, 0.3) is 6.08 Å². The van der Waals surface area contributed by atoms with E-state index in [1.807, 2.05) is 25.2 Å². The highest BCUT2D eigenvalue weighted by atomic mass is 79.9. The van der Waals surface area contributed by atoms with Gasteiger partial charge in [0.2, 0.25) is 0 Å². The number of nitrogens with one attached hydrogen (secondary N) is 1. The highest BCUT2D eigenvalue weighted by molar-refractivity contribution is 9.10. The van der Waals surface area contributed by atoms with Crippen molar-refractivity contribution in [2.75, 3.05) is 19.3 Å². The molecule has 0 saturated heterocycles. The van der Waals surface area contributed by atoms with Crippen molar-refractivity contribution in [1.82, 2.24) is 5.32 Å². The van der Waals surface area contributed by atoms with Crippen LogP contribution in [0.4, 0.5) is 5.69 Å². The first-order valence-corrected chi connectivity index (χ1v) is 5.39. The number of nitrogens with two attached hydrogens (primary N) is 1. The maximum absolute atomic E-state index is 5.68. The number of hydrogen-bond acceptors (Lipinski definition) is 2. The predicted octanol–water partition coefficient (Wildman–Crippen LogP) is 2.65. The normalized spacial score (nSPS) is 11.0. The molecule has 0 heterocycles. The fourth-order valence-corrected chi connectivity index (χ4v) is 1.49. The van der Waals surface area contributed by atoms with Gasteiger partial charge in [0.25, 0.3) is 0 Å². The topological polar surface area (TPSA) is 38.0 Å². The van der Waals surface area contributed by atoms with Crippen LogP contribution < -0.4 is 11.1 Å². The van der Waals surface area contributed by atoms with Crippen LogP contribution in [0.2, 0.25) is 0 Å². The molecule has 0 fully saturated rings. The van der Waals surface area contributed by atoms with E-state index < -0.39 is 0 Å². The van der Waals surface area contributed by atoms with Gasteiger partial charge in [-0.2, -0.15) is 0 Å².